The minimum absolute atomic E-state index is 0.210. The van der Waals surface area contributed by atoms with Gasteiger partial charge in [-0.2, -0.15) is 0 Å². The number of carbonyl (C=O) groups excluding carboxylic acids is 1. The molecule has 0 atom stereocenters. The van der Waals surface area contributed by atoms with Gasteiger partial charge in [-0.25, -0.2) is 9.97 Å². The van der Waals surface area contributed by atoms with Crippen molar-refractivity contribution < 1.29 is 9.53 Å². The maximum atomic E-state index is 11.6. The normalized spacial score (nSPS) is 10.0. The molecule has 5 nitrogen and oxygen atoms in total. The summed E-state index contributed by atoms with van der Waals surface area (Å²) in [6, 6.07) is 6.59. The van der Waals surface area contributed by atoms with E-state index in [-0.39, 0.29) is 18.3 Å². The van der Waals surface area contributed by atoms with Gasteiger partial charge in [-0.1, -0.05) is 29.3 Å². The molecule has 0 unspecified atom stereocenters. The van der Waals surface area contributed by atoms with Gasteiger partial charge >= 0.3 is 0 Å². The predicted molar refractivity (Wildman–Crippen MR) is 72.6 cm³/mol. The first-order chi connectivity index (χ1) is 9.16. The molecule has 19 heavy (non-hydrogen) atoms. The number of carbonyl (C=O) groups is 1. The number of hydrogen-bond donors (Lipinski definition) is 1. The molecule has 1 heterocycles. The second kappa shape index (κ2) is 6.36. The van der Waals surface area contributed by atoms with Crippen LogP contribution in [0.3, 0.4) is 0 Å². The van der Waals surface area contributed by atoms with E-state index in [1.165, 1.54) is 12.4 Å². The second-order valence-electron chi connectivity index (χ2n) is 3.46. The van der Waals surface area contributed by atoms with Crippen molar-refractivity contribution in [2.45, 2.75) is 0 Å². The number of rotatable bonds is 4. The fraction of sp³-hybridized carbons (Fsp3) is 0.0833. The largest absolute Gasteiger partial charge is 0.481 e. The van der Waals surface area contributed by atoms with Gasteiger partial charge in [0.05, 0.1) is 10.0 Å². The molecule has 0 fully saturated rings. The van der Waals surface area contributed by atoms with Gasteiger partial charge in [0.1, 0.15) is 0 Å². The molecular formula is C12H9Cl2N3O2. The van der Waals surface area contributed by atoms with Gasteiger partial charge in [0.2, 0.25) is 5.95 Å². The van der Waals surface area contributed by atoms with Gasteiger partial charge in [0, 0.05) is 12.4 Å². The first kappa shape index (κ1) is 13.6. The van der Waals surface area contributed by atoms with Crippen molar-refractivity contribution in [1.82, 2.24) is 9.97 Å². The molecule has 1 N–H and O–H groups in total. The van der Waals surface area contributed by atoms with Crippen molar-refractivity contribution in [3.63, 3.8) is 0 Å². The fourth-order valence-corrected chi connectivity index (χ4v) is 1.79. The van der Waals surface area contributed by atoms with Crippen LogP contribution in [0.5, 0.6) is 5.75 Å². The van der Waals surface area contributed by atoms with Crippen LogP contribution in [0.4, 0.5) is 5.95 Å². The highest BCUT2D eigenvalue weighted by Gasteiger charge is 2.10. The maximum Gasteiger partial charge on any atom is 0.264 e. The average molecular weight is 298 g/mol. The van der Waals surface area contributed by atoms with E-state index in [1.807, 2.05) is 0 Å². The smallest absolute Gasteiger partial charge is 0.264 e. The second-order valence-corrected chi connectivity index (χ2v) is 4.27. The number of nitrogens with one attached hydrogen (secondary N) is 1. The summed E-state index contributed by atoms with van der Waals surface area (Å²) in [5.41, 5.74) is 0. The van der Waals surface area contributed by atoms with Crippen LogP contribution >= 0.6 is 23.2 Å². The number of para-hydroxylation sites is 1. The molecule has 2 rings (SSSR count). The molecule has 0 aliphatic rings. The standard InChI is InChI=1S/C12H9Cl2N3O2/c13-8-3-1-4-9(14)11(8)19-7-10(18)17-12-15-5-2-6-16-12/h1-6H,7H2,(H,15,16,17,18). The quantitative estimate of drug-likeness (QED) is 0.942. The van der Waals surface area contributed by atoms with Gasteiger partial charge < -0.3 is 4.74 Å². The first-order valence-corrected chi connectivity index (χ1v) is 6.06. The van der Waals surface area contributed by atoms with Gasteiger partial charge in [-0.05, 0) is 18.2 Å². The lowest BCUT2D eigenvalue weighted by atomic mass is 10.3. The Balaban J connectivity index is 1.94. The zero-order chi connectivity index (χ0) is 13.7. The highest BCUT2D eigenvalue weighted by molar-refractivity contribution is 6.37. The van der Waals surface area contributed by atoms with E-state index in [9.17, 15) is 4.79 Å². The van der Waals surface area contributed by atoms with Crippen molar-refractivity contribution in [2.75, 3.05) is 11.9 Å². The summed E-state index contributed by atoms with van der Waals surface area (Å²) in [4.78, 5) is 19.3. The summed E-state index contributed by atoms with van der Waals surface area (Å²) >= 11 is 11.8. The third kappa shape index (κ3) is 3.81. The summed E-state index contributed by atoms with van der Waals surface area (Å²) in [5.74, 6) is 0.0819. The number of benzene rings is 1. The number of nitrogens with zero attached hydrogens (tertiary/aromatic N) is 2. The molecular weight excluding hydrogens is 289 g/mol. The summed E-state index contributed by atoms with van der Waals surface area (Å²) in [7, 11) is 0. The van der Waals surface area contributed by atoms with Crippen molar-refractivity contribution in [3.8, 4) is 5.75 Å². The minimum atomic E-state index is -0.401. The van der Waals surface area contributed by atoms with Crippen molar-refractivity contribution in [1.29, 1.82) is 0 Å². The SMILES string of the molecule is O=C(COc1c(Cl)cccc1Cl)Nc1ncccn1. The van der Waals surface area contributed by atoms with E-state index in [2.05, 4.69) is 15.3 Å². The molecule has 7 heteroatoms. The number of amides is 1. The third-order valence-corrected chi connectivity index (χ3v) is 2.68. The molecule has 0 spiro atoms. The minimum Gasteiger partial charge on any atom is -0.481 e. The van der Waals surface area contributed by atoms with Crippen LogP contribution < -0.4 is 10.1 Å². The highest BCUT2D eigenvalue weighted by Crippen LogP contribution is 2.32. The van der Waals surface area contributed by atoms with Crippen molar-refractivity contribution in [2.24, 2.45) is 0 Å². The zero-order valence-corrected chi connectivity index (χ0v) is 11.1. The Bertz CT molecular complexity index is 558. The van der Waals surface area contributed by atoms with E-state index in [4.69, 9.17) is 27.9 Å². The van der Waals surface area contributed by atoms with E-state index in [0.29, 0.717) is 10.0 Å². The number of halogens is 2. The molecule has 98 valence electrons. The molecule has 1 aromatic heterocycles. The van der Waals surface area contributed by atoms with E-state index < -0.39 is 5.91 Å². The van der Waals surface area contributed by atoms with Gasteiger partial charge in [-0.3, -0.25) is 10.1 Å². The zero-order valence-electron chi connectivity index (χ0n) is 9.64. The molecule has 2 aromatic rings. The molecule has 0 aliphatic carbocycles. The van der Waals surface area contributed by atoms with Crippen LogP contribution in [-0.2, 0) is 4.79 Å². The first-order valence-electron chi connectivity index (χ1n) is 5.30. The van der Waals surface area contributed by atoms with Crippen LogP contribution in [0.25, 0.3) is 0 Å². The van der Waals surface area contributed by atoms with Crippen LogP contribution in [0, 0.1) is 0 Å². The van der Waals surface area contributed by atoms with Crippen LogP contribution in [-0.4, -0.2) is 22.5 Å². The van der Waals surface area contributed by atoms with Gasteiger partial charge in [0.25, 0.3) is 5.91 Å². The monoisotopic (exact) mass is 297 g/mol. The molecule has 0 bridgehead atoms. The summed E-state index contributed by atoms with van der Waals surface area (Å²) in [6.07, 6.45) is 3.04. The van der Waals surface area contributed by atoms with Crippen LogP contribution in [0.1, 0.15) is 0 Å². The van der Waals surface area contributed by atoms with Crippen molar-refractivity contribution in [3.05, 3.63) is 46.7 Å². The molecule has 0 radical (unpaired) electrons. The molecule has 1 amide bonds. The third-order valence-electron chi connectivity index (χ3n) is 2.08. The Kier molecular flexibility index (Phi) is 4.54. The van der Waals surface area contributed by atoms with Crippen molar-refractivity contribution >= 4 is 35.1 Å². The fourth-order valence-electron chi connectivity index (χ4n) is 1.28. The molecule has 0 aliphatic heterocycles. The maximum absolute atomic E-state index is 11.6. The summed E-state index contributed by atoms with van der Waals surface area (Å²) < 4.78 is 5.27. The Morgan fingerprint density at radius 2 is 1.79 bits per heavy atom. The Labute approximate surface area is 119 Å². The van der Waals surface area contributed by atoms with Gasteiger partial charge in [0.15, 0.2) is 12.4 Å². The van der Waals surface area contributed by atoms with Gasteiger partial charge in [-0.15, -0.1) is 0 Å². The number of aromatic nitrogens is 2. The average Bonchev–Trinajstić information content (AvgIpc) is 2.39. The van der Waals surface area contributed by atoms with E-state index >= 15 is 0 Å². The lowest BCUT2D eigenvalue weighted by molar-refractivity contribution is -0.118. The number of anilines is 1. The lowest BCUT2D eigenvalue weighted by Gasteiger charge is -2.09. The summed E-state index contributed by atoms with van der Waals surface area (Å²) in [6.45, 7) is -0.234. The Hall–Kier alpha value is -1.85. The predicted octanol–water partition coefficient (Wildman–Crippen LogP) is 2.80. The Morgan fingerprint density at radius 1 is 1.16 bits per heavy atom. The topological polar surface area (TPSA) is 64.1 Å². The lowest BCUT2D eigenvalue weighted by Crippen LogP contribution is -2.21. The molecule has 0 saturated carbocycles. The van der Waals surface area contributed by atoms with Crippen LogP contribution in [0.2, 0.25) is 10.0 Å². The van der Waals surface area contributed by atoms with Crippen LogP contribution in [0.15, 0.2) is 36.7 Å². The summed E-state index contributed by atoms with van der Waals surface area (Å²) in [5, 5.41) is 3.17. The molecule has 1 aromatic carbocycles. The number of hydrogen-bond acceptors (Lipinski definition) is 4. The number of ether oxygens (including phenoxy) is 1. The Morgan fingerprint density at radius 3 is 2.42 bits per heavy atom. The molecule has 0 saturated heterocycles. The van der Waals surface area contributed by atoms with E-state index in [1.54, 1.807) is 24.3 Å². The van der Waals surface area contributed by atoms with E-state index in [0.717, 1.165) is 0 Å². The highest BCUT2D eigenvalue weighted by atomic mass is 35.5.